The molecule has 1 fully saturated rings. The first-order valence-electron chi connectivity index (χ1n) is 7.31. The van der Waals surface area contributed by atoms with Crippen LogP contribution in [-0.4, -0.2) is 41.4 Å². The third-order valence-electron chi connectivity index (χ3n) is 3.53. The molecule has 0 unspecified atom stereocenters. The van der Waals surface area contributed by atoms with E-state index in [1.54, 1.807) is 14.2 Å². The maximum Gasteiger partial charge on any atom is 0.242 e. The van der Waals surface area contributed by atoms with Crippen LogP contribution in [0.4, 0.5) is 0 Å². The van der Waals surface area contributed by atoms with Gasteiger partial charge in [0, 0.05) is 17.1 Å². The fraction of sp³-hybridized carbons (Fsp3) is 0.500. The average molecular weight is 354 g/mol. The van der Waals surface area contributed by atoms with Crippen LogP contribution in [0.15, 0.2) is 23.3 Å². The molecule has 126 valence electrons. The van der Waals surface area contributed by atoms with Crippen molar-refractivity contribution in [1.82, 2.24) is 5.43 Å². The van der Waals surface area contributed by atoms with Crippen molar-refractivity contribution < 1.29 is 14.3 Å². The third kappa shape index (κ3) is 4.81. The molecule has 1 N–H and O–H groups in total. The van der Waals surface area contributed by atoms with Crippen molar-refractivity contribution in [3.63, 3.8) is 0 Å². The van der Waals surface area contributed by atoms with Crippen molar-refractivity contribution in [2.24, 2.45) is 5.10 Å². The van der Waals surface area contributed by atoms with Gasteiger partial charge in [0.05, 0.1) is 30.4 Å². The predicted octanol–water partition coefficient (Wildman–Crippen LogP) is 3.13. The van der Waals surface area contributed by atoms with Crippen molar-refractivity contribution in [1.29, 1.82) is 0 Å². The number of hydrogen-bond acceptors (Lipinski definition) is 6. The highest BCUT2D eigenvalue weighted by Crippen LogP contribution is 2.45. The molecule has 1 heterocycles. The van der Waals surface area contributed by atoms with E-state index in [4.69, 9.17) is 9.47 Å². The standard InChI is InChI=1S/C16H22N2O3S2/c1-11(12-5-6-13(20-3)14(9-12)21-4)17-18-15(19)10-16(2)22-7-8-23-16/h5-6,9H,7-8,10H2,1-4H3,(H,18,19)/b17-11+. The zero-order chi connectivity index (χ0) is 16.9. The molecule has 1 aliphatic heterocycles. The lowest BCUT2D eigenvalue weighted by Gasteiger charge is -2.19. The van der Waals surface area contributed by atoms with E-state index in [9.17, 15) is 4.79 Å². The fourth-order valence-corrected chi connectivity index (χ4v) is 5.09. The van der Waals surface area contributed by atoms with Gasteiger partial charge >= 0.3 is 0 Å². The van der Waals surface area contributed by atoms with Crippen molar-refractivity contribution in [3.05, 3.63) is 23.8 Å². The van der Waals surface area contributed by atoms with Gasteiger partial charge < -0.3 is 9.47 Å². The summed E-state index contributed by atoms with van der Waals surface area (Å²) in [6, 6.07) is 5.55. The van der Waals surface area contributed by atoms with E-state index in [1.165, 1.54) is 0 Å². The number of nitrogens with zero attached hydrogens (tertiary/aromatic N) is 1. The van der Waals surface area contributed by atoms with Gasteiger partial charge in [-0.1, -0.05) is 0 Å². The number of nitrogens with one attached hydrogen (secondary N) is 1. The average Bonchev–Trinajstić information content (AvgIpc) is 2.97. The number of benzene rings is 1. The van der Waals surface area contributed by atoms with Gasteiger partial charge in [0.15, 0.2) is 11.5 Å². The fourth-order valence-electron chi connectivity index (χ4n) is 2.26. The number of hydrogen-bond donors (Lipinski definition) is 1. The van der Waals surface area contributed by atoms with Crippen LogP contribution in [0.3, 0.4) is 0 Å². The maximum absolute atomic E-state index is 12.1. The lowest BCUT2D eigenvalue weighted by atomic mass is 10.1. The van der Waals surface area contributed by atoms with Crippen LogP contribution in [0.25, 0.3) is 0 Å². The van der Waals surface area contributed by atoms with Gasteiger partial charge in [0.2, 0.25) is 5.91 Å². The van der Waals surface area contributed by atoms with Crippen molar-refractivity contribution >= 4 is 35.1 Å². The molecule has 2 rings (SSSR count). The minimum atomic E-state index is -0.0609. The second-order valence-corrected chi connectivity index (χ2v) is 8.76. The molecule has 0 saturated carbocycles. The second kappa shape index (κ2) is 7.97. The van der Waals surface area contributed by atoms with Crippen molar-refractivity contribution in [3.8, 4) is 11.5 Å². The number of ether oxygens (including phenoxy) is 2. The number of carbonyl (C=O) groups excluding carboxylic acids is 1. The molecular weight excluding hydrogens is 332 g/mol. The number of rotatable bonds is 6. The van der Waals surface area contributed by atoms with E-state index in [-0.39, 0.29) is 9.99 Å². The summed E-state index contributed by atoms with van der Waals surface area (Å²) in [7, 11) is 3.19. The summed E-state index contributed by atoms with van der Waals surface area (Å²) in [5.74, 6) is 3.44. The zero-order valence-corrected chi connectivity index (χ0v) is 15.5. The summed E-state index contributed by atoms with van der Waals surface area (Å²) in [5, 5.41) is 4.20. The van der Waals surface area contributed by atoms with Crippen LogP contribution in [0, 0.1) is 0 Å². The Bertz CT molecular complexity index is 599. The highest BCUT2D eigenvalue weighted by atomic mass is 32.2. The molecule has 0 spiro atoms. The lowest BCUT2D eigenvalue weighted by molar-refractivity contribution is -0.121. The lowest BCUT2D eigenvalue weighted by Crippen LogP contribution is -2.26. The molecule has 0 atom stereocenters. The Hall–Kier alpha value is -1.34. The van der Waals surface area contributed by atoms with Crippen LogP contribution in [-0.2, 0) is 4.79 Å². The molecule has 7 heteroatoms. The number of methoxy groups -OCH3 is 2. The molecule has 1 saturated heterocycles. The van der Waals surface area contributed by atoms with E-state index in [0.717, 1.165) is 22.8 Å². The van der Waals surface area contributed by atoms with Crippen LogP contribution >= 0.6 is 23.5 Å². The third-order valence-corrected chi connectivity index (χ3v) is 6.82. The van der Waals surface area contributed by atoms with Gasteiger partial charge in [0.25, 0.3) is 0 Å². The van der Waals surface area contributed by atoms with E-state index in [1.807, 2.05) is 48.6 Å². The minimum absolute atomic E-state index is 0.0309. The minimum Gasteiger partial charge on any atom is -0.493 e. The Morgan fingerprint density at radius 1 is 1.26 bits per heavy atom. The Morgan fingerprint density at radius 3 is 2.52 bits per heavy atom. The molecule has 1 aromatic carbocycles. The molecule has 1 aliphatic rings. The summed E-state index contributed by atoms with van der Waals surface area (Å²) in [6.07, 6.45) is 0.463. The van der Waals surface area contributed by atoms with Crippen LogP contribution in [0.1, 0.15) is 25.8 Å². The summed E-state index contributed by atoms with van der Waals surface area (Å²) < 4.78 is 10.5. The first-order valence-corrected chi connectivity index (χ1v) is 9.28. The van der Waals surface area contributed by atoms with Crippen molar-refractivity contribution in [2.75, 3.05) is 25.7 Å². The maximum atomic E-state index is 12.1. The van der Waals surface area contributed by atoms with Gasteiger partial charge in [-0.25, -0.2) is 5.43 Å². The highest BCUT2D eigenvalue weighted by Gasteiger charge is 2.32. The van der Waals surface area contributed by atoms with E-state index in [0.29, 0.717) is 17.9 Å². The SMILES string of the molecule is COc1ccc(/C(C)=N/NC(=O)CC2(C)SCCS2)cc1OC. The van der Waals surface area contributed by atoms with Gasteiger partial charge in [0.1, 0.15) is 0 Å². The predicted molar refractivity (Wildman–Crippen MR) is 97.8 cm³/mol. The number of amides is 1. The molecular formula is C16H22N2O3S2. The summed E-state index contributed by atoms with van der Waals surface area (Å²) >= 11 is 3.67. The van der Waals surface area contributed by atoms with E-state index in [2.05, 4.69) is 17.5 Å². The molecule has 0 aliphatic carbocycles. The summed E-state index contributed by atoms with van der Waals surface area (Å²) in [5.41, 5.74) is 4.24. The quantitative estimate of drug-likeness (QED) is 0.628. The summed E-state index contributed by atoms with van der Waals surface area (Å²) in [4.78, 5) is 12.1. The van der Waals surface area contributed by atoms with Gasteiger partial charge in [-0.3, -0.25) is 4.79 Å². The molecule has 0 bridgehead atoms. The first kappa shape index (κ1) is 18.0. The van der Waals surface area contributed by atoms with Gasteiger partial charge in [-0.15, -0.1) is 23.5 Å². The normalized spacial score (nSPS) is 17.0. The van der Waals surface area contributed by atoms with Crippen LogP contribution < -0.4 is 14.9 Å². The molecule has 23 heavy (non-hydrogen) atoms. The van der Waals surface area contributed by atoms with E-state index >= 15 is 0 Å². The Morgan fingerprint density at radius 2 is 1.91 bits per heavy atom. The Kier molecular flexibility index (Phi) is 6.24. The monoisotopic (exact) mass is 354 g/mol. The number of thioether (sulfide) groups is 2. The van der Waals surface area contributed by atoms with Crippen molar-refractivity contribution in [2.45, 2.75) is 24.3 Å². The Balaban J connectivity index is 2.00. The molecule has 0 aromatic heterocycles. The van der Waals surface area contributed by atoms with Crippen LogP contribution in [0.2, 0.25) is 0 Å². The van der Waals surface area contributed by atoms with Gasteiger partial charge in [-0.2, -0.15) is 5.10 Å². The first-order chi connectivity index (χ1) is 11.0. The summed E-state index contributed by atoms with van der Waals surface area (Å²) in [6.45, 7) is 3.96. The van der Waals surface area contributed by atoms with Crippen LogP contribution in [0.5, 0.6) is 11.5 Å². The molecule has 1 aromatic rings. The number of carbonyl (C=O) groups is 1. The topological polar surface area (TPSA) is 59.9 Å². The Labute approximate surface area is 145 Å². The smallest absolute Gasteiger partial charge is 0.242 e. The largest absolute Gasteiger partial charge is 0.493 e. The van der Waals surface area contributed by atoms with E-state index < -0.39 is 0 Å². The zero-order valence-electron chi connectivity index (χ0n) is 13.8. The second-order valence-electron chi connectivity index (χ2n) is 5.31. The molecule has 5 nitrogen and oxygen atoms in total. The number of hydrazone groups is 1. The molecule has 1 amide bonds. The van der Waals surface area contributed by atoms with Gasteiger partial charge in [-0.05, 0) is 32.0 Å². The highest BCUT2D eigenvalue weighted by molar-refractivity contribution is 8.21. The molecule has 0 radical (unpaired) electrons.